The standard InChI is InChI=1S/C20H32O.C3H7.BrH.Mg/c1-15(2)7-6-8-17(5)9-14-20(21)19-12-10-18(11-13-19)16(3)4;1-3-2;;/h7,10-13,16-17,20-21H,6,8-9,14H2,1-5H3;1,3H2,2H3;1H;/q;;;+1/p-1. The predicted octanol–water partition coefficient (Wildman–Crippen LogP) is 7.83. The van der Waals surface area contributed by atoms with E-state index in [-0.39, 0.29) is 24.3 Å². The second kappa shape index (κ2) is 16.2. The first-order valence-electron chi connectivity index (χ1n) is 10.3. The van der Waals surface area contributed by atoms with Crippen LogP contribution in [0.2, 0.25) is 4.55 Å². The summed E-state index contributed by atoms with van der Waals surface area (Å²) in [4.78, 5) is 0. The molecule has 2 atom stereocenters. The number of aliphatic hydroxyl groups is 1. The van der Waals surface area contributed by atoms with Gasteiger partial charge < -0.3 is 18.0 Å². The molecule has 146 valence electrons. The first-order valence-corrected chi connectivity index (χ1v) is 15.2. The number of hydrogen-bond donors (Lipinski definition) is 1. The molecule has 26 heavy (non-hydrogen) atoms. The SMILES string of the molecule is CC(C)=CCCC(C)CCC(O)c1ccc(C(C)C)cc1.CC[CH2][Mg][Br]. The Balaban J connectivity index is 0.00000110. The summed E-state index contributed by atoms with van der Waals surface area (Å²) in [6, 6.07) is 8.44. The number of halogens is 1. The molecule has 0 aliphatic carbocycles. The van der Waals surface area contributed by atoms with E-state index < -0.39 is 0 Å². The molecule has 1 nitrogen and oxygen atoms in total. The summed E-state index contributed by atoms with van der Waals surface area (Å²) in [6.07, 6.45) is 7.65. The van der Waals surface area contributed by atoms with Gasteiger partial charge in [-0.05, 0) is 62.5 Å². The van der Waals surface area contributed by atoms with Gasteiger partial charge in [0, 0.05) is 0 Å². The maximum Gasteiger partial charge on any atom is 0.468 e. The fourth-order valence-electron chi connectivity index (χ4n) is 2.65. The predicted molar refractivity (Wildman–Crippen MR) is 122 cm³/mol. The maximum atomic E-state index is 10.3. The van der Waals surface area contributed by atoms with E-state index in [1.807, 2.05) is 0 Å². The zero-order valence-electron chi connectivity index (χ0n) is 17.9. The van der Waals surface area contributed by atoms with Crippen LogP contribution in [0.4, 0.5) is 0 Å². The fraction of sp³-hybridized carbons (Fsp3) is 0.652. The van der Waals surface area contributed by atoms with Crippen LogP contribution in [0.25, 0.3) is 0 Å². The van der Waals surface area contributed by atoms with Crippen LogP contribution < -0.4 is 0 Å². The lowest BCUT2D eigenvalue weighted by atomic mass is 9.94. The molecule has 2 unspecified atom stereocenters. The molecular formula is C23H39BrMgO. The lowest BCUT2D eigenvalue weighted by Gasteiger charge is -2.15. The van der Waals surface area contributed by atoms with Crippen molar-refractivity contribution >= 4 is 31.1 Å². The molecule has 0 saturated heterocycles. The van der Waals surface area contributed by atoms with E-state index in [0.717, 1.165) is 24.8 Å². The van der Waals surface area contributed by atoms with E-state index in [2.05, 4.69) is 84.8 Å². The molecule has 0 fully saturated rings. The summed E-state index contributed by atoms with van der Waals surface area (Å²) in [6.45, 7) is 13.2. The molecule has 1 aromatic carbocycles. The van der Waals surface area contributed by atoms with Crippen LogP contribution in [0.15, 0.2) is 35.9 Å². The highest BCUT2D eigenvalue weighted by Gasteiger charge is 2.10. The van der Waals surface area contributed by atoms with Crippen molar-refractivity contribution in [1.29, 1.82) is 0 Å². The van der Waals surface area contributed by atoms with Crippen LogP contribution in [0.3, 0.4) is 0 Å². The average Bonchev–Trinajstić information content (AvgIpc) is 2.60. The Morgan fingerprint density at radius 3 is 2.04 bits per heavy atom. The summed E-state index contributed by atoms with van der Waals surface area (Å²) in [5.41, 5.74) is 3.78. The lowest BCUT2D eigenvalue weighted by Crippen LogP contribution is -2.02. The van der Waals surface area contributed by atoms with Crippen molar-refractivity contribution in [2.75, 3.05) is 0 Å². The van der Waals surface area contributed by atoms with Gasteiger partial charge in [0.2, 0.25) is 0 Å². The van der Waals surface area contributed by atoms with Crippen LogP contribution in [0.5, 0.6) is 0 Å². The van der Waals surface area contributed by atoms with Gasteiger partial charge in [-0.25, -0.2) is 0 Å². The van der Waals surface area contributed by atoms with Crippen LogP contribution in [-0.2, 0) is 0 Å². The van der Waals surface area contributed by atoms with E-state index in [0.29, 0.717) is 11.8 Å². The Morgan fingerprint density at radius 2 is 1.62 bits per heavy atom. The minimum absolute atomic E-state index is 0.226. The maximum absolute atomic E-state index is 10.3. The summed E-state index contributed by atoms with van der Waals surface area (Å²) < 4.78 is 1.44. The van der Waals surface area contributed by atoms with Gasteiger partial charge in [0.05, 0.1) is 6.10 Å². The van der Waals surface area contributed by atoms with Gasteiger partial charge in [0.15, 0.2) is 0 Å². The van der Waals surface area contributed by atoms with E-state index >= 15 is 0 Å². The molecule has 1 aromatic rings. The number of rotatable bonds is 10. The normalized spacial score (nSPS) is 12.7. The number of hydrogen-bond acceptors (Lipinski definition) is 1. The zero-order chi connectivity index (χ0) is 19.9. The summed E-state index contributed by atoms with van der Waals surface area (Å²) in [7, 11) is 0. The number of benzene rings is 1. The molecule has 0 bridgehead atoms. The van der Waals surface area contributed by atoms with Gasteiger partial charge in [-0.2, -0.15) is 0 Å². The third-order valence-electron chi connectivity index (χ3n) is 4.62. The Bertz CT molecular complexity index is 475. The van der Waals surface area contributed by atoms with Gasteiger partial charge >= 0.3 is 18.2 Å². The minimum Gasteiger partial charge on any atom is -0.388 e. The first-order chi connectivity index (χ1) is 12.3. The molecule has 0 aliphatic rings. The van der Waals surface area contributed by atoms with Gasteiger partial charge in [-0.1, -0.05) is 70.0 Å². The van der Waals surface area contributed by atoms with Gasteiger partial charge in [0.1, 0.15) is 0 Å². The van der Waals surface area contributed by atoms with Gasteiger partial charge in [-0.3, -0.25) is 0 Å². The number of aliphatic hydroxyl groups excluding tert-OH is 1. The van der Waals surface area contributed by atoms with E-state index in [1.165, 1.54) is 28.5 Å². The molecule has 0 spiro atoms. The smallest absolute Gasteiger partial charge is 0.388 e. The minimum atomic E-state index is -0.322. The third-order valence-corrected chi connectivity index (χ3v) is 7.28. The summed E-state index contributed by atoms with van der Waals surface area (Å²) in [5.74, 6) is 1.22. The van der Waals surface area contributed by atoms with E-state index in [4.69, 9.17) is 0 Å². The largest absolute Gasteiger partial charge is 0.468 e. The van der Waals surface area contributed by atoms with Crippen LogP contribution in [-0.4, -0.2) is 23.3 Å². The second-order valence-corrected chi connectivity index (χ2v) is 11.4. The lowest BCUT2D eigenvalue weighted by molar-refractivity contribution is 0.157. The van der Waals surface area contributed by atoms with Crippen LogP contribution >= 0.6 is 12.9 Å². The van der Waals surface area contributed by atoms with Crippen LogP contribution in [0, 0.1) is 5.92 Å². The number of allylic oxidation sites excluding steroid dienone is 2. The molecule has 0 amide bonds. The van der Waals surface area contributed by atoms with Crippen molar-refractivity contribution in [3.8, 4) is 0 Å². The molecule has 0 aromatic heterocycles. The Hall–Kier alpha value is 0.166. The molecule has 0 radical (unpaired) electrons. The highest BCUT2D eigenvalue weighted by atomic mass is 79.9. The highest BCUT2D eigenvalue weighted by molar-refractivity contribution is 9.23. The van der Waals surface area contributed by atoms with Crippen molar-refractivity contribution in [2.24, 2.45) is 5.92 Å². The molecule has 0 aliphatic heterocycles. The first kappa shape index (κ1) is 26.2. The van der Waals surface area contributed by atoms with Gasteiger partial charge in [-0.15, -0.1) is 4.55 Å². The van der Waals surface area contributed by atoms with Crippen LogP contribution in [0.1, 0.15) is 96.8 Å². The Labute approximate surface area is 178 Å². The Morgan fingerprint density at radius 1 is 1.04 bits per heavy atom. The summed E-state index contributed by atoms with van der Waals surface area (Å²) >= 11 is 3.67. The van der Waals surface area contributed by atoms with Gasteiger partial charge in [0.25, 0.3) is 0 Å². The molecule has 3 heteroatoms. The monoisotopic (exact) mass is 434 g/mol. The second-order valence-electron chi connectivity index (χ2n) is 7.92. The fourth-order valence-corrected chi connectivity index (χ4v) is 4.60. The zero-order valence-corrected chi connectivity index (χ0v) is 20.9. The summed E-state index contributed by atoms with van der Waals surface area (Å²) in [5, 5.41) is 10.3. The topological polar surface area (TPSA) is 20.2 Å². The van der Waals surface area contributed by atoms with Crippen molar-refractivity contribution in [3.63, 3.8) is 0 Å². The van der Waals surface area contributed by atoms with Crippen molar-refractivity contribution < 1.29 is 5.11 Å². The quantitative estimate of drug-likeness (QED) is 0.293. The van der Waals surface area contributed by atoms with E-state index in [1.54, 1.807) is 0 Å². The highest BCUT2D eigenvalue weighted by Crippen LogP contribution is 2.24. The van der Waals surface area contributed by atoms with Crippen molar-refractivity contribution in [1.82, 2.24) is 0 Å². The van der Waals surface area contributed by atoms with Crippen molar-refractivity contribution in [3.05, 3.63) is 47.0 Å². The van der Waals surface area contributed by atoms with Crippen molar-refractivity contribution in [2.45, 2.75) is 90.2 Å². The molecule has 1 N–H and O–H groups in total. The molecular weight excluding hydrogens is 396 g/mol. The molecule has 0 saturated carbocycles. The molecule has 0 heterocycles. The van der Waals surface area contributed by atoms with E-state index in [9.17, 15) is 5.11 Å². The molecule has 1 rings (SSSR count). The average molecular weight is 436 g/mol. The third kappa shape index (κ3) is 13.4. The Kier molecular flexibility index (Phi) is 16.3.